The first-order valence-corrected chi connectivity index (χ1v) is 8.40. The van der Waals surface area contributed by atoms with Crippen LogP contribution in [0.15, 0.2) is 21.3 Å². The maximum Gasteiger partial charge on any atom is 0.0767 e. The summed E-state index contributed by atoms with van der Waals surface area (Å²) < 4.78 is 3.23. The Labute approximate surface area is 127 Å². The van der Waals surface area contributed by atoms with Crippen molar-refractivity contribution < 1.29 is 0 Å². The zero-order valence-corrected chi connectivity index (χ0v) is 14.0. The second-order valence-electron chi connectivity index (χ2n) is 4.54. The van der Waals surface area contributed by atoms with Crippen LogP contribution in [0.5, 0.6) is 0 Å². The van der Waals surface area contributed by atoms with Crippen LogP contribution in [-0.4, -0.2) is 9.78 Å². The van der Waals surface area contributed by atoms with E-state index in [0.717, 1.165) is 29.7 Å². The quantitative estimate of drug-likeness (QED) is 0.855. The Morgan fingerprint density at radius 3 is 2.84 bits per heavy atom. The highest BCUT2D eigenvalue weighted by molar-refractivity contribution is 9.10. The zero-order chi connectivity index (χ0) is 13.8. The van der Waals surface area contributed by atoms with E-state index in [4.69, 9.17) is 0 Å². The zero-order valence-electron chi connectivity index (χ0n) is 11.6. The van der Waals surface area contributed by atoms with Crippen molar-refractivity contribution in [2.75, 3.05) is 0 Å². The molecule has 0 aliphatic carbocycles. The largest absolute Gasteiger partial charge is 0.305 e. The molecule has 1 N–H and O–H groups in total. The van der Waals surface area contributed by atoms with E-state index in [1.165, 1.54) is 11.3 Å². The van der Waals surface area contributed by atoms with Crippen LogP contribution < -0.4 is 5.32 Å². The van der Waals surface area contributed by atoms with Gasteiger partial charge in [0.15, 0.2) is 0 Å². The smallest absolute Gasteiger partial charge is 0.0767 e. The number of aromatic nitrogens is 2. The summed E-state index contributed by atoms with van der Waals surface area (Å²) >= 11 is 5.42. The van der Waals surface area contributed by atoms with E-state index in [-0.39, 0.29) is 0 Å². The van der Waals surface area contributed by atoms with Crippen molar-refractivity contribution in [3.63, 3.8) is 0 Å². The first-order valence-electron chi connectivity index (χ1n) is 6.66. The van der Waals surface area contributed by atoms with Crippen molar-refractivity contribution in [3.05, 3.63) is 38.3 Å². The standard InChI is InChI=1S/C14H20BrN3S/c1-4-12-14(15)13(18(5-2)17-12)8-16-10(3)11-6-7-19-9-11/h6-7,9-10,16H,4-5,8H2,1-3H3. The van der Waals surface area contributed by atoms with E-state index in [0.29, 0.717) is 6.04 Å². The second kappa shape index (κ2) is 6.68. The SMILES string of the molecule is CCc1nn(CC)c(CNC(C)c2ccsc2)c1Br. The monoisotopic (exact) mass is 341 g/mol. The second-order valence-corrected chi connectivity index (χ2v) is 6.11. The normalized spacial score (nSPS) is 12.8. The molecule has 2 aromatic heterocycles. The highest BCUT2D eigenvalue weighted by Gasteiger charge is 2.14. The Morgan fingerprint density at radius 1 is 1.47 bits per heavy atom. The fourth-order valence-electron chi connectivity index (χ4n) is 2.08. The number of nitrogens with zero attached hydrogens (tertiary/aromatic N) is 2. The highest BCUT2D eigenvalue weighted by Crippen LogP contribution is 2.23. The van der Waals surface area contributed by atoms with E-state index in [9.17, 15) is 0 Å². The summed E-state index contributed by atoms with van der Waals surface area (Å²) in [5.41, 5.74) is 3.72. The molecule has 2 heterocycles. The summed E-state index contributed by atoms with van der Waals surface area (Å²) in [6, 6.07) is 2.54. The summed E-state index contributed by atoms with van der Waals surface area (Å²) in [6.45, 7) is 8.20. The molecule has 0 aliphatic heterocycles. The predicted molar refractivity (Wildman–Crippen MR) is 84.6 cm³/mol. The third-order valence-corrected chi connectivity index (χ3v) is 4.93. The average molecular weight is 342 g/mol. The summed E-state index contributed by atoms with van der Waals surface area (Å²) in [5.74, 6) is 0. The number of rotatable bonds is 6. The van der Waals surface area contributed by atoms with Crippen molar-refractivity contribution in [2.24, 2.45) is 0 Å². The summed E-state index contributed by atoms with van der Waals surface area (Å²) in [4.78, 5) is 0. The molecular formula is C14H20BrN3S. The van der Waals surface area contributed by atoms with Gasteiger partial charge < -0.3 is 5.32 Å². The lowest BCUT2D eigenvalue weighted by atomic mass is 10.2. The van der Waals surface area contributed by atoms with Crippen LogP contribution in [0.25, 0.3) is 0 Å². The van der Waals surface area contributed by atoms with Crippen LogP contribution in [0.3, 0.4) is 0 Å². The minimum absolute atomic E-state index is 0.364. The number of nitrogens with one attached hydrogen (secondary N) is 1. The van der Waals surface area contributed by atoms with Crippen LogP contribution in [0.1, 0.15) is 43.8 Å². The number of thiophene rings is 1. The predicted octanol–water partition coefficient (Wildman–Crippen LogP) is 4.14. The third kappa shape index (κ3) is 3.27. The van der Waals surface area contributed by atoms with Gasteiger partial charge >= 0.3 is 0 Å². The Hall–Kier alpha value is -0.650. The molecule has 19 heavy (non-hydrogen) atoms. The Morgan fingerprint density at radius 2 is 2.26 bits per heavy atom. The Kier molecular flexibility index (Phi) is 5.19. The first-order chi connectivity index (χ1) is 9.17. The lowest BCUT2D eigenvalue weighted by Crippen LogP contribution is -2.20. The number of aryl methyl sites for hydroxylation is 2. The van der Waals surface area contributed by atoms with Gasteiger partial charge in [-0.15, -0.1) is 0 Å². The third-order valence-electron chi connectivity index (χ3n) is 3.31. The molecule has 0 spiro atoms. The molecule has 0 fully saturated rings. The maximum absolute atomic E-state index is 4.62. The van der Waals surface area contributed by atoms with Crippen LogP contribution in [-0.2, 0) is 19.5 Å². The minimum Gasteiger partial charge on any atom is -0.305 e. The average Bonchev–Trinajstić information content (AvgIpc) is 3.04. The fraction of sp³-hybridized carbons (Fsp3) is 0.500. The van der Waals surface area contributed by atoms with E-state index in [1.807, 2.05) is 0 Å². The number of hydrogen-bond donors (Lipinski definition) is 1. The van der Waals surface area contributed by atoms with Gasteiger partial charge in [-0.3, -0.25) is 4.68 Å². The van der Waals surface area contributed by atoms with Gasteiger partial charge in [0.25, 0.3) is 0 Å². The summed E-state index contributed by atoms with van der Waals surface area (Å²) in [6.07, 6.45) is 0.959. The molecule has 3 nitrogen and oxygen atoms in total. The molecule has 1 unspecified atom stereocenters. The van der Waals surface area contributed by atoms with Crippen LogP contribution in [0.2, 0.25) is 0 Å². The molecule has 0 aliphatic rings. The molecule has 0 saturated carbocycles. The Bertz CT molecular complexity index is 519. The van der Waals surface area contributed by atoms with E-state index >= 15 is 0 Å². The summed E-state index contributed by atoms with van der Waals surface area (Å²) in [5, 5.41) is 12.5. The molecule has 5 heteroatoms. The molecule has 2 rings (SSSR count). The molecule has 0 aromatic carbocycles. The molecule has 0 amide bonds. The molecule has 0 radical (unpaired) electrons. The van der Waals surface area contributed by atoms with Crippen molar-refractivity contribution in [1.29, 1.82) is 0 Å². The minimum atomic E-state index is 0.364. The summed E-state index contributed by atoms with van der Waals surface area (Å²) in [7, 11) is 0. The van der Waals surface area contributed by atoms with Crippen molar-refractivity contribution in [3.8, 4) is 0 Å². The Balaban J connectivity index is 2.08. The van der Waals surface area contributed by atoms with Crippen LogP contribution in [0.4, 0.5) is 0 Å². The molecule has 0 bridgehead atoms. The fourth-order valence-corrected chi connectivity index (χ4v) is 3.53. The molecular weight excluding hydrogens is 322 g/mol. The van der Waals surface area contributed by atoms with Gasteiger partial charge in [-0.2, -0.15) is 16.4 Å². The first kappa shape index (κ1) is 14.8. The lowest BCUT2D eigenvalue weighted by Gasteiger charge is -2.13. The van der Waals surface area contributed by atoms with Gasteiger partial charge in [-0.1, -0.05) is 6.92 Å². The molecule has 0 saturated heterocycles. The lowest BCUT2D eigenvalue weighted by molar-refractivity contribution is 0.530. The van der Waals surface area contributed by atoms with Crippen LogP contribution >= 0.6 is 27.3 Å². The van der Waals surface area contributed by atoms with Crippen molar-refractivity contribution >= 4 is 27.3 Å². The maximum atomic E-state index is 4.62. The number of halogens is 1. The van der Waals surface area contributed by atoms with Crippen molar-refractivity contribution in [1.82, 2.24) is 15.1 Å². The molecule has 104 valence electrons. The van der Waals surface area contributed by atoms with Crippen LogP contribution in [0, 0.1) is 0 Å². The van der Waals surface area contributed by atoms with Gasteiger partial charge in [0.05, 0.1) is 15.9 Å². The number of hydrogen-bond acceptors (Lipinski definition) is 3. The van der Waals surface area contributed by atoms with E-state index in [2.05, 4.69) is 68.6 Å². The molecule has 1 atom stereocenters. The van der Waals surface area contributed by atoms with Gasteiger partial charge in [0.1, 0.15) is 0 Å². The van der Waals surface area contributed by atoms with Gasteiger partial charge in [-0.25, -0.2) is 0 Å². The van der Waals surface area contributed by atoms with Gasteiger partial charge in [0.2, 0.25) is 0 Å². The van der Waals surface area contributed by atoms with Crippen molar-refractivity contribution in [2.45, 2.75) is 46.3 Å². The van der Waals surface area contributed by atoms with E-state index in [1.54, 1.807) is 11.3 Å². The topological polar surface area (TPSA) is 29.9 Å². The van der Waals surface area contributed by atoms with E-state index < -0.39 is 0 Å². The molecule has 2 aromatic rings. The van der Waals surface area contributed by atoms with Gasteiger partial charge in [0, 0.05) is 19.1 Å². The van der Waals surface area contributed by atoms with Gasteiger partial charge in [-0.05, 0) is 58.6 Å². The highest BCUT2D eigenvalue weighted by atomic mass is 79.9.